The average molecular weight is 271 g/mol. The van der Waals surface area contributed by atoms with Gasteiger partial charge in [0.1, 0.15) is 5.54 Å². The summed E-state index contributed by atoms with van der Waals surface area (Å²) in [5, 5.41) is 12.7. The van der Waals surface area contributed by atoms with Gasteiger partial charge in [-0.1, -0.05) is 33.6 Å². The predicted octanol–water partition coefficient (Wildman–Crippen LogP) is 2.81. The van der Waals surface area contributed by atoms with Crippen LogP contribution in [0.25, 0.3) is 0 Å². The zero-order valence-corrected chi connectivity index (χ0v) is 12.6. The second kappa shape index (κ2) is 7.85. The molecule has 0 spiro atoms. The molecule has 4 nitrogen and oxygen atoms in total. The van der Waals surface area contributed by atoms with Crippen molar-refractivity contribution < 1.29 is 14.6 Å². The molecule has 0 heterocycles. The summed E-state index contributed by atoms with van der Waals surface area (Å²) in [5.41, 5.74) is -0.772. The fraction of sp³-hybridized carbons (Fsp3) is 0.933. The highest BCUT2D eigenvalue weighted by atomic mass is 16.5. The first-order valence-corrected chi connectivity index (χ1v) is 7.68. The molecule has 1 aliphatic carbocycles. The molecule has 0 aliphatic heterocycles. The Labute approximate surface area is 116 Å². The van der Waals surface area contributed by atoms with Crippen molar-refractivity contribution in [1.82, 2.24) is 5.32 Å². The summed E-state index contributed by atoms with van der Waals surface area (Å²) in [5.74, 6) is -0.134. The molecule has 2 atom stereocenters. The van der Waals surface area contributed by atoms with Crippen LogP contribution < -0.4 is 5.32 Å². The maximum absolute atomic E-state index is 11.5. The largest absolute Gasteiger partial charge is 0.480 e. The molecule has 0 aromatic heterocycles. The zero-order chi connectivity index (χ0) is 14.3. The van der Waals surface area contributed by atoms with Crippen molar-refractivity contribution in [3.63, 3.8) is 0 Å². The Bertz CT molecular complexity index is 275. The number of hydrogen-bond acceptors (Lipinski definition) is 3. The Morgan fingerprint density at radius 2 is 2.11 bits per heavy atom. The number of hydrogen-bond donors (Lipinski definition) is 2. The highest BCUT2D eigenvalue weighted by molar-refractivity contribution is 5.79. The van der Waals surface area contributed by atoms with E-state index in [-0.39, 0.29) is 6.10 Å². The predicted molar refractivity (Wildman–Crippen MR) is 76.3 cm³/mol. The van der Waals surface area contributed by atoms with Gasteiger partial charge in [-0.2, -0.15) is 0 Å². The van der Waals surface area contributed by atoms with Gasteiger partial charge in [0, 0.05) is 13.0 Å². The number of nitrogens with one attached hydrogen (secondary N) is 1. The van der Waals surface area contributed by atoms with Gasteiger partial charge in [0.05, 0.1) is 6.10 Å². The molecule has 1 aliphatic rings. The minimum atomic E-state index is -0.772. The standard InChI is InChI=1S/C15H29NO3/c1-4-12(5-2)11-19-13-8-7-9-15(10-13,14(17)18)16-6-3/h12-13,16H,4-11H2,1-3H3,(H,17,18). The van der Waals surface area contributed by atoms with Gasteiger partial charge in [0.15, 0.2) is 0 Å². The van der Waals surface area contributed by atoms with Gasteiger partial charge in [-0.3, -0.25) is 4.79 Å². The molecular formula is C15H29NO3. The first-order chi connectivity index (χ1) is 9.07. The fourth-order valence-corrected chi connectivity index (χ4v) is 2.93. The molecule has 19 heavy (non-hydrogen) atoms. The number of likely N-dealkylation sites (N-methyl/N-ethyl adjacent to an activating group) is 1. The van der Waals surface area contributed by atoms with Crippen LogP contribution in [0.1, 0.15) is 59.3 Å². The van der Waals surface area contributed by atoms with Gasteiger partial charge in [0.25, 0.3) is 0 Å². The number of rotatable bonds is 8. The van der Waals surface area contributed by atoms with Crippen LogP contribution in [0.2, 0.25) is 0 Å². The van der Waals surface area contributed by atoms with Gasteiger partial charge in [0.2, 0.25) is 0 Å². The van der Waals surface area contributed by atoms with Crippen molar-refractivity contribution >= 4 is 5.97 Å². The van der Waals surface area contributed by atoms with Crippen LogP contribution in [-0.4, -0.2) is 35.9 Å². The molecule has 4 heteroatoms. The van der Waals surface area contributed by atoms with Crippen molar-refractivity contribution in [1.29, 1.82) is 0 Å². The molecule has 0 aromatic rings. The van der Waals surface area contributed by atoms with Gasteiger partial charge >= 0.3 is 5.97 Å². The number of carboxylic acid groups (broad SMARTS) is 1. The molecule has 2 unspecified atom stereocenters. The lowest BCUT2D eigenvalue weighted by Gasteiger charge is -2.38. The fourth-order valence-electron chi connectivity index (χ4n) is 2.93. The van der Waals surface area contributed by atoms with Crippen LogP contribution in [0.15, 0.2) is 0 Å². The molecular weight excluding hydrogens is 242 g/mol. The van der Waals surface area contributed by atoms with E-state index in [1.165, 1.54) is 0 Å². The second-order valence-electron chi connectivity index (χ2n) is 5.65. The third-order valence-corrected chi connectivity index (χ3v) is 4.35. The van der Waals surface area contributed by atoms with Crippen LogP contribution in [0, 0.1) is 5.92 Å². The minimum Gasteiger partial charge on any atom is -0.480 e. The summed E-state index contributed by atoms with van der Waals surface area (Å²) in [7, 11) is 0. The lowest BCUT2D eigenvalue weighted by atomic mass is 9.80. The van der Waals surface area contributed by atoms with Gasteiger partial charge in [-0.15, -0.1) is 0 Å². The number of carbonyl (C=O) groups is 1. The monoisotopic (exact) mass is 271 g/mol. The van der Waals surface area contributed by atoms with E-state index in [0.717, 1.165) is 32.3 Å². The lowest BCUT2D eigenvalue weighted by Crippen LogP contribution is -2.56. The zero-order valence-electron chi connectivity index (χ0n) is 12.6. The van der Waals surface area contributed by atoms with E-state index in [0.29, 0.717) is 25.3 Å². The van der Waals surface area contributed by atoms with Crippen molar-refractivity contribution in [2.24, 2.45) is 5.92 Å². The third-order valence-electron chi connectivity index (χ3n) is 4.35. The van der Waals surface area contributed by atoms with Crippen molar-refractivity contribution in [3.8, 4) is 0 Å². The van der Waals surface area contributed by atoms with E-state index in [2.05, 4.69) is 19.2 Å². The van der Waals surface area contributed by atoms with Crippen molar-refractivity contribution in [3.05, 3.63) is 0 Å². The smallest absolute Gasteiger partial charge is 0.323 e. The quantitative estimate of drug-likeness (QED) is 0.712. The summed E-state index contributed by atoms with van der Waals surface area (Å²) >= 11 is 0. The Morgan fingerprint density at radius 1 is 1.42 bits per heavy atom. The van der Waals surface area contributed by atoms with E-state index in [1.54, 1.807) is 0 Å². The Kier molecular flexibility index (Phi) is 6.80. The number of carboxylic acids is 1. The molecule has 0 saturated heterocycles. The number of ether oxygens (including phenoxy) is 1. The molecule has 0 amide bonds. The molecule has 0 aromatic carbocycles. The molecule has 1 saturated carbocycles. The van der Waals surface area contributed by atoms with Crippen LogP contribution in [0.3, 0.4) is 0 Å². The Morgan fingerprint density at radius 3 is 2.63 bits per heavy atom. The molecule has 1 fully saturated rings. The van der Waals surface area contributed by atoms with E-state index >= 15 is 0 Å². The normalized spacial score (nSPS) is 27.7. The topological polar surface area (TPSA) is 58.6 Å². The highest BCUT2D eigenvalue weighted by Crippen LogP contribution is 2.31. The number of aliphatic carboxylic acids is 1. The maximum Gasteiger partial charge on any atom is 0.323 e. The van der Waals surface area contributed by atoms with E-state index < -0.39 is 11.5 Å². The van der Waals surface area contributed by atoms with Crippen molar-refractivity contribution in [2.75, 3.05) is 13.2 Å². The van der Waals surface area contributed by atoms with Crippen LogP contribution in [0.4, 0.5) is 0 Å². The van der Waals surface area contributed by atoms with Crippen LogP contribution in [0.5, 0.6) is 0 Å². The first-order valence-electron chi connectivity index (χ1n) is 7.68. The average Bonchev–Trinajstić information content (AvgIpc) is 2.40. The summed E-state index contributed by atoms with van der Waals surface area (Å²) < 4.78 is 5.98. The molecule has 0 radical (unpaired) electrons. The molecule has 112 valence electrons. The lowest BCUT2D eigenvalue weighted by molar-refractivity contribution is -0.149. The summed E-state index contributed by atoms with van der Waals surface area (Å²) in [6.07, 6.45) is 5.55. The third kappa shape index (κ3) is 4.46. The SMILES string of the molecule is CCNC1(C(=O)O)CCCC(OCC(CC)CC)C1. The van der Waals surface area contributed by atoms with Crippen LogP contribution >= 0.6 is 0 Å². The Hall–Kier alpha value is -0.610. The second-order valence-corrected chi connectivity index (χ2v) is 5.65. The molecule has 1 rings (SSSR count). The van der Waals surface area contributed by atoms with E-state index in [1.807, 2.05) is 6.92 Å². The Balaban J connectivity index is 2.55. The minimum absolute atomic E-state index is 0.0875. The van der Waals surface area contributed by atoms with Crippen molar-refractivity contribution in [2.45, 2.75) is 70.9 Å². The van der Waals surface area contributed by atoms with Gasteiger partial charge in [-0.05, 0) is 31.7 Å². The highest BCUT2D eigenvalue weighted by Gasteiger charge is 2.42. The maximum atomic E-state index is 11.5. The molecule has 0 bridgehead atoms. The summed E-state index contributed by atoms with van der Waals surface area (Å²) in [6.45, 7) is 7.77. The summed E-state index contributed by atoms with van der Waals surface area (Å²) in [4.78, 5) is 11.5. The summed E-state index contributed by atoms with van der Waals surface area (Å²) in [6, 6.07) is 0. The van der Waals surface area contributed by atoms with E-state index in [9.17, 15) is 9.90 Å². The van der Waals surface area contributed by atoms with E-state index in [4.69, 9.17) is 4.74 Å². The first kappa shape index (κ1) is 16.4. The molecule has 2 N–H and O–H groups in total. The van der Waals surface area contributed by atoms with Gasteiger partial charge < -0.3 is 15.2 Å². The van der Waals surface area contributed by atoms with Gasteiger partial charge in [-0.25, -0.2) is 0 Å². The van der Waals surface area contributed by atoms with Crippen LogP contribution in [-0.2, 0) is 9.53 Å².